The Kier molecular flexibility index (Phi) is 9.89. The maximum atomic E-state index is 15.4. The average Bonchev–Trinajstić information content (AvgIpc) is 3.66. The molecule has 7 rings (SSSR count). The summed E-state index contributed by atoms with van der Waals surface area (Å²) in [5.41, 5.74) is 5.68. The molecule has 0 atom stereocenters. The molecule has 2 aliphatic carbocycles. The van der Waals surface area contributed by atoms with Crippen molar-refractivity contribution >= 4 is 33.6 Å². The van der Waals surface area contributed by atoms with Gasteiger partial charge in [0.1, 0.15) is 0 Å². The number of hydrogen-bond acceptors (Lipinski definition) is 0. The zero-order chi connectivity index (χ0) is 29.7. The van der Waals surface area contributed by atoms with E-state index in [0.29, 0.717) is 6.42 Å². The molecule has 0 radical (unpaired) electrons. The third-order valence-electron chi connectivity index (χ3n) is 8.25. The van der Waals surface area contributed by atoms with Crippen LogP contribution in [0.5, 0.6) is 0 Å². The normalized spacial score (nSPS) is 13.2. The van der Waals surface area contributed by atoms with Gasteiger partial charge in [-0.3, -0.25) is 0 Å². The van der Waals surface area contributed by atoms with Crippen molar-refractivity contribution in [1.29, 1.82) is 0 Å². The number of fused-ring (bicyclic) bond motifs is 3. The van der Waals surface area contributed by atoms with Crippen LogP contribution in [0.2, 0.25) is 0 Å². The van der Waals surface area contributed by atoms with Crippen LogP contribution in [0, 0.1) is 29.1 Å². The summed E-state index contributed by atoms with van der Waals surface area (Å²) in [6.45, 7) is 0. The fourth-order valence-corrected chi connectivity index (χ4v) is 15.9. The van der Waals surface area contributed by atoms with Crippen molar-refractivity contribution in [3.63, 3.8) is 0 Å². The second-order valence-electron chi connectivity index (χ2n) is 10.6. The molecule has 0 N–H and O–H groups in total. The van der Waals surface area contributed by atoms with Crippen molar-refractivity contribution in [2.24, 2.45) is 0 Å². The van der Waals surface area contributed by atoms with E-state index in [9.17, 15) is 13.2 Å². The second kappa shape index (κ2) is 13.5. The van der Waals surface area contributed by atoms with Crippen LogP contribution in [0.3, 0.4) is 0 Å². The van der Waals surface area contributed by atoms with Crippen molar-refractivity contribution in [1.82, 2.24) is 0 Å². The van der Waals surface area contributed by atoms with Crippen LogP contribution in [-0.4, -0.2) is 3.21 Å². The predicted octanol–water partition coefficient (Wildman–Crippen LogP) is 10.6. The van der Waals surface area contributed by atoms with Gasteiger partial charge >= 0.3 is 255 Å². The SMILES string of the molecule is Cl.Cl.Fc1c(F)c(F)c(C2=[C]([Zr](=[C](c3ccccc3)c3ccccc3)[CH]3c4ccccc4-c4ccccc43)CC=C2)c(F)c1F. The molecule has 0 amide bonds. The molecule has 0 heterocycles. The molecule has 0 fully saturated rings. The van der Waals surface area contributed by atoms with Crippen molar-refractivity contribution in [2.45, 2.75) is 10.0 Å². The molecule has 8 heteroatoms. The predicted molar refractivity (Wildman–Crippen MR) is 171 cm³/mol. The van der Waals surface area contributed by atoms with Crippen LogP contribution >= 0.6 is 24.8 Å². The number of benzene rings is 5. The molecule has 0 aliphatic heterocycles. The Hall–Kier alpha value is -3.44. The maximum absolute atomic E-state index is 15.4. The fourth-order valence-electron chi connectivity index (χ4n) is 6.46. The number of rotatable bonds is 5. The van der Waals surface area contributed by atoms with E-state index in [1.165, 1.54) is 6.08 Å². The Morgan fingerprint density at radius 3 is 1.44 bits per heavy atom. The average molecular weight is 727 g/mol. The van der Waals surface area contributed by atoms with Gasteiger partial charge in [0.15, 0.2) is 0 Å². The standard InChI is InChI=1S/C13H9.C13H10.C11H4F5.2ClH.Zr/c1-3-7-12-10(5-1)9-11-6-2-4-8-13(11)12;1-3-7-12(8-4-1)11-13-9-5-2-6-10-13;12-7-6(5-3-1-2-4-5)8(13)10(15)11(16)9(7)14;;;/h1-9H;1-10H;1,3H,2H2;2*1H;. The molecule has 0 saturated carbocycles. The van der Waals surface area contributed by atoms with E-state index in [0.717, 1.165) is 39.9 Å². The molecule has 0 aromatic heterocycles. The van der Waals surface area contributed by atoms with Crippen LogP contribution in [0.15, 0.2) is 125 Å². The van der Waals surface area contributed by atoms with Gasteiger partial charge in [0.2, 0.25) is 0 Å². The van der Waals surface area contributed by atoms with Gasteiger partial charge in [0.05, 0.1) is 0 Å². The van der Waals surface area contributed by atoms with Crippen molar-refractivity contribution in [3.8, 4) is 11.1 Å². The van der Waals surface area contributed by atoms with Crippen LogP contribution in [0.4, 0.5) is 22.0 Å². The summed E-state index contributed by atoms with van der Waals surface area (Å²) in [4.78, 5) is 0. The summed E-state index contributed by atoms with van der Waals surface area (Å²) in [5, 5.41) is 0. The molecule has 5 aromatic carbocycles. The van der Waals surface area contributed by atoms with Gasteiger partial charge in [-0.25, -0.2) is 0 Å². The van der Waals surface area contributed by atoms with Crippen LogP contribution in [0.1, 0.15) is 37.9 Å². The summed E-state index contributed by atoms with van der Waals surface area (Å²) in [6.07, 6.45) is 3.69. The van der Waals surface area contributed by atoms with Crippen LogP contribution in [0.25, 0.3) is 16.7 Å². The molecule has 226 valence electrons. The summed E-state index contributed by atoms with van der Waals surface area (Å²) < 4.78 is 75.9. The molecule has 2 aliphatic rings. The summed E-state index contributed by atoms with van der Waals surface area (Å²) in [6, 6.07) is 36.2. The first-order valence-electron chi connectivity index (χ1n) is 13.9. The minimum atomic E-state index is -3.51. The minimum absolute atomic E-state index is 0. The van der Waals surface area contributed by atoms with Crippen molar-refractivity contribution in [3.05, 3.63) is 182 Å². The second-order valence-corrected chi connectivity index (χ2v) is 16.7. The summed E-state index contributed by atoms with van der Waals surface area (Å²) in [5.74, 6) is -9.62. The van der Waals surface area contributed by atoms with Gasteiger partial charge < -0.3 is 0 Å². The monoisotopic (exact) mass is 724 g/mol. The molecular formula is C37H25Cl2F5Zr. The van der Waals surface area contributed by atoms with E-state index < -0.39 is 55.9 Å². The molecule has 0 bridgehead atoms. The van der Waals surface area contributed by atoms with Gasteiger partial charge in [0, 0.05) is 0 Å². The van der Waals surface area contributed by atoms with Gasteiger partial charge in [0.25, 0.3) is 0 Å². The van der Waals surface area contributed by atoms with Crippen LogP contribution < -0.4 is 0 Å². The molecule has 0 saturated heterocycles. The topological polar surface area (TPSA) is 0 Å². The first-order chi connectivity index (χ1) is 21.0. The number of halogens is 7. The van der Waals surface area contributed by atoms with E-state index in [2.05, 4.69) is 24.3 Å². The van der Waals surface area contributed by atoms with E-state index in [1.54, 1.807) is 6.08 Å². The molecule has 5 aromatic rings. The third-order valence-corrected chi connectivity index (χ3v) is 16.7. The van der Waals surface area contributed by atoms with Gasteiger partial charge in [-0.2, -0.15) is 0 Å². The van der Waals surface area contributed by atoms with E-state index in [4.69, 9.17) is 0 Å². The summed E-state index contributed by atoms with van der Waals surface area (Å²) in [7, 11) is 0. The van der Waals surface area contributed by atoms with E-state index >= 15 is 8.78 Å². The Labute approximate surface area is 277 Å². The number of allylic oxidation sites excluding steroid dienone is 4. The van der Waals surface area contributed by atoms with Gasteiger partial charge in [-0.1, -0.05) is 0 Å². The molecular weight excluding hydrogens is 702 g/mol. The molecule has 0 spiro atoms. The van der Waals surface area contributed by atoms with E-state index in [-0.39, 0.29) is 34.0 Å². The third kappa shape index (κ3) is 5.52. The zero-order valence-electron chi connectivity index (χ0n) is 23.5. The quantitative estimate of drug-likeness (QED) is 0.0961. The molecule has 45 heavy (non-hydrogen) atoms. The van der Waals surface area contributed by atoms with Gasteiger partial charge in [-0.15, -0.1) is 24.8 Å². The van der Waals surface area contributed by atoms with E-state index in [1.807, 2.05) is 84.9 Å². The van der Waals surface area contributed by atoms with Crippen LogP contribution in [-0.2, 0) is 21.3 Å². The Bertz CT molecular complexity index is 1890. The van der Waals surface area contributed by atoms with Gasteiger partial charge in [-0.05, 0) is 0 Å². The number of hydrogen-bond donors (Lipinski definition) is 0. The Balaban J connectivity index is 0.00000200. The molecule has 0 nitrogen and oxygen atoms in total. The first kappa shape index (κ1) is 32.9. The molecule has 0 unspecified atom stereocenters. The first-order valence-corrected chi connectivity index (χ1v) is 17.8. The Morgan fingerprint density at radius 1 is 0.533 bits per heavy atom. The Morgan fingerprint density at radius 2 is 0.956 bits per heavy atom. The summed E-state index contributed by atoms with van der Waals surface area (Å²) >= 11 is -3.51. The van der Waals surface area contributed by atoms with Crippen molar-refractivity contribution in [2.75, 3.05) is 0 Å². The fraction of sp³-hybridized carbons (Fsp3) is 0.0541. The zero-order valence-corrected chi connectivity index (χ0v) is 27.6. The van der Waals surface area contributed by atoms with Crippen molar-refractivity contribution < 1.29 is 43.2 Å².